The third-order valence-electron chi connectivity index (χ3n) is 5.62. The molecule has 0 bridgehead atoms. The molecule has 0 amide bonds. The third-order valence-corrected chi connectivity index (χ3v) is 5.93. The van der Waals surface area contributed by atoms with E-state index in [9.17, 15) is 9.59 Å². The normalized spacial score (nSPS) is 22.2. The van der Waals surface area contributed by atoms with E-state index in [0.717, 1.165) is 0 Å². The largest absolute Gasteiger partial charge is 0.493 e. The maximum atomic E-state index is 12.9. The summed E-state index contributed by atoms with van der Waals surface area (Å²) in [5.41, 5.74) is 0.362. The molecule has 0 saturated heterocycles. The van der Waals surface area contributed by atoms with Gasteiger partial charge in [0.05, 0.1) is 30.7 Å². The quantitative estimate of drug-likeness (QED) is 0.586. The molecule has 4 rings (SSSR count). The molecule has 2 aromatic carbocycles. The van der Waals surface area contributed by atoms with Crippen molar-refractivity contribution in [2.45, 2.75) is 31.5 Å². The number of para-hydroxylation sites is 1. The Balaban J connectivity index is 1.39. The summed E-state index contributed by atoms with van der Waals surface area (Å²) in [5.74, 6) is 0.547. The lowest BCUT2D eigenvalue weighted by atomic mass is 9.80. The molecule has 8 heteroatoms. The zero-order chi connectivity index (χ0) is 22.7. The van der Waals surface area contributed by atoms with Gasteiger partial charge in [0.25, 0.3) is 0 Å². The number of allylic oxidation sites excluding steroid dienone is 1. The van der Waals surface area contributed by atoms with Crippen molar-refractivity contribution in [1.82, 2.24) is 0 Å². The molecule has 32 heavy (non-hydrogen) atoms. The number of methoxy groups -OCH3 is 2. The van der Waals surface area contributed by atoms with E-state index in [1.807, 2.05) is 0 Å². The number of hydrogen-bond acceptors (Lipinski definition) is 7. The Kier molecular flexibility index (Phi) is 6.55. The van der Waals surface area contributed by atoms with E-state index in [1.165, 1.54) is 20.5 Å². The molecule has 2 aliphatic rings. The van der Waals surface area contributed by atoms with Gasteiger partial charge in [-0.05, 0) is 43.2 Å². The van der Waals surface area contributed by atoms with Gasteiger partial charge in [0.2, 0.25) is 11.5 Å². The van der Waals surface area contributed by atoms with Crippen molar-refractivity contribution < 1.29 is 33.3 Å². The van der Waals surface area contributed by atoms with Crippen LogP contribution in [0.25, 0.3) is 0 Å². The monoisotopic (exact) mass is 458 g/mol. The summed E-state index contributed by atoms with van der Waals surface area (Å²) in [5, 5.41) is 0.411. The fourth-order valence-corrected chi connectivity index (χ4v) is 4.12. The number of hydrogen-bond donors (Lipinski definition) is 0. The first kappa shape index (κ1) is 22.0. The van der Waals surface area contributed by atoms with E-state index >= 15 is 0 Å². The van der Waals surface area contributed by atoms with Crippen molar-refractivity contribution in [2.75, 3.05) is 14.2 Å². The molecule has 3 unspecified atom stereocenters. The minimum absolute atomic E-state index is 0.125. The van der Waals surface area contributed by atoms with E-state index < -0.39 is 5.97 Å². The van der Waals surface area contributed by atoms with E-state index in [4.69, 9.17) is 35.3 Å². The second-order valence-electron chi connectivity index (χ2n) is 7.57. The zero-order valence-corrected chi connectivity index (χ0v) is 18.5. The molecule has 2 aromatic rings. The minimum atomic E-state index is -0.463. The predicted molar refractivity (Wildman–Crippen MR) is 116 cm³/mol. The molecular formula is C24H23ClO7. The highest BCUT2D eigenvalue weighted by Gasteiger charge is 2.42. The van der Waals surface area contributed by atoms with Crippen LogP contribution >= 0.6 is 11.6 Å². The first-order valence-corrected chi connectivity index (χ1v) is 10.6. The number of halogens is 1. The van der Waals surface area contributed by atoms with Crippen LogP contribution in [0.4, 0.5) is 0 Å². The van der Waals surface area contributed by atoms with Gasteiger partial charge in [-0.15, -0.1) is 0 Å². The Morgan fingerprint density at radius 1 is 1.03 bits per heavy atom. The summed E-state index contributed by atoms with van der Waals surface area (Å²) < 4.78 is 27.6. The van der Waals surface area contributed by atoms with Crippen molar-refractivity contribution in [1.29, 1.82) is 0 Å². The lowest BCUT2D eigenvalue weighted by Gasteiger charge is -2.36. The van der Waals surface area contributed by atoms with E-state index in [-0.39, 0.29) is 29.7 Å². The van der Waals surface area contributed by atoms with Crippen molar-refractivity contribution in [2.24, 2.45) is 5.92 Å². The maximum absolute atomic E-state index is 12.9. The zero-order valence-electron chi connectivity index (χ0n) is 17.7. The molecule has 1 heterocycles. The van der Waals surface area contributed by atoms with Gasteiger partial charge < -0.3 is 23.7 Å². The van der Waals surface area contributed by atoms with Crippen LogP contribution in [0.1, 0.15) is 29.6 Å². The van der Waals surface area contributed by atoms with Crippen LogP contribution in [0.15, 0.2) is 54.5 Å². The Hall–Kier alpha value is -3.19. The SMILES string of the molecule is COc1ccc(C(=O)OC2CCC3C(=O)C(Oc4ccccc4Cl)=COC3C2)cc1OC. The fraction of sp³-hybridized carbons (Fsp3) is 0.333. The highest BCUT2D eigenvalue weighted by atomic mass is 35.5. The number of esters is 1. The maximum Gasteiger partial charge on any atom is 0.338 e. The summed E-state index contributed by atoms with van der Waals surface area (Å²) >= 11 is 6.11. The molecule has 3 atom stereocenters. The molecule has 1 aliphatic carbocycles. The number of rotatable bonds is 6. The molecule has 0 spiro atoms. The number of carbonyl (C=O) groups excluding carboxylic acids is 2. The molecule has 168 valence electrons. The Labute approximate surface area is 190 Å². The Morgan fingerprint density at radius 2 is 1.81 bits per heavy atom. The third kappa shape index (κ3) is 4.53. The molecule has 7 nitrogen and oxygen atoms in total. The standard InChI is InChI=1S/C24H23ClO7/c1-28-19-10-7-14(11-21(19)29-2)24(27)31-15-8-9-16-20(12-15)30-13-22(23(16)26)32-18-6-4-3-5-17(18)25/h3-7,10-11,13,15-16,20H,8-9,12H2,1-2H3. The Bertz CT molecular complexity index is 1050. The average molecular weight is 459 g/mol. The predicted octanol–water partition coefficient (Wildman–Crippen LogP) is 4.57. The number of ketones is 1. The summed E-state index contributed by atoms with van der Waals surface area (Å²) in [6.07, 6.45) is 2.09. The molecule has 1 aliphatic heterocycles. The number of Topliss-reactive ketones (excluding diaryl/α,β-unsaturated/α-hetero) is 1. The molecule has 1 saturated carbocycles. The van der Waals surface area contributed by atoms with Crippen LogP contribution in [0, 0.1) is 5.92 Å². The van der Waals surface area contributed by atoms with E-state index in [0.29, 0.717) is 47.1 Å². The number of fused-ring (bicyclic) bond motifs is 1. The van der Waals surface area contributed by atoms with Gasteiger partial charge in [-0.25, -0.2) is 4.79 Å². The summed E-state index contributed by atoms with van der Waals surface area (Å²) in [7, 11) is 3.03. The van der Waals surface area contributed by atoms with Crippen LogP contribution in [-0.4, -0.2) is 38.2 Å². The van der Waals surface area contributed by atoms with Gasteiger partial charge in [0, 0.05) is 6.42 Å². The van der Waals surface area contributed by atoms with E-state index in [1.54, 1.807) is 42.5 Å². The van der Waals surface area contributed by atoms with Crippen LogP contribution in [-0.2, 0) is 14.3 Å². The summed E-state index contributed by atoms with van der Waals surface area (Å²) in [6.45, 7) is 0. The number of ether oxygens (including phenoxy) is 5. The van der Waals surface area contributed by atoms with Gasteiger partial charge >= 0.3 is 5.97 Å². The highest BCUT2D eigenvalue weighted by Crippen LogP contribution is 2.36. The van der Waals surface area contributed by atoms with Crippen molar-refractivity contribution in [3.8, 4) is 17.2 Å². The van der Waals surface area contributed by atoms with Crippen molar-refractivity contribution in [3.05, 3.63) is 65.1 Å². The van der Waals surface area contributed by atoms with Crippen LogP contribution in [0.3, 0.4) is 0 Å². The number of carbonyl (C=O) groups is 2. The van der Waals surface area contributed by atoms with Gasteiger partial charge in [-0.2, -0.15) is 0 Å². The van der Waals surface area contributed by atoms with Gasteiger partial charge in [0.1, 0.15) is 24.2 Å². The first-order chi connectivity index (χ1) is 15.5. The molecule has 1 fully saturated rings. The first-order valence-electron chi connectivity index (χ1n) is 10.3. The van der Waals surface area contributed by atoms with Gasteiger partial charge in [0.15, 0.2) is 11.5 Å². The lowest BCUT2D eigenvalue weighted by molar-refractivity contribution is -0.132. The van der Waals surface area contributed by atoms with Gasteiger partial charge in [-0.3, -0.25) is 4.79 Å². The molecule has 0 N–H and O–H groups in total. The highest BCUT2D eigenvalue weighted by molar-refractivity contribution is 6.32. The van der Waals surface area contributed by atoms with Crippen molar-refractivity contribution in [3.63, 3.8) is 0 Å². The molecule has 0 radical (unpaired) electrons. The van der Waals surface area contributed by atoms with Gasteiger partial charge in [-0.1, -0.05) is 23.7 Å². The topological polar surface area (TPSA) is 80.3 Å². The van der Waals surface area contributed by atoms with Crippen LogP contribution in [0.2, 0.25) is 5.02 Å². The molecular weight excluding hydrogens is 436 g/mol. The minimum Gasteiger partial charge on any atom is -0.493 e. The Morgan fingerprint density at radius 3 is 2.56 bits per heavy atom. The fourth-order valence-electron chi connectivity index (χ4n) is 3.94. The molecule has 0 aromatic heterocycles. The van der Waals surface area contributed by atoms with Crippen molar-refractivity contribution >= 4 is 23.4 Å². The summed E-state index contributed by atoms with van der Waals surface area (Å²) in [6, 6.07) is 11.8. The van der Waals surface area contributed by atoms with Crippen LogP contribution < -0.4 is 14.2 Å². The second kappa shape index (κ2) is 9.53. The van der Waals surface area contributed by atoms with E-state index in [2.05, 4.69) is 0 Å². The lowest BCUT2D eigenvalue weighted by Crippen LogP contribution is -2.43. The van der Waals surface area contributed by atoms with Crippen LogP contribution in [0.5, 0.6) is 17.2 Å². The smallest absolute Gasteiger partial charge is 0.338 e. The average Bonchev–Trinajstić information content (AvgIpc) is 2.81. The summed E-state index contributed by atoms with van der Waals surface area (Å²) in [4.78, 5) is 25.5. The number of benzene rings is 2. The second-order valence-corrected chi connectivity index (χ2v) is 7.98.